The number of non-ortho nitro benzene ring substituents is 1. The maximum absolute atomic E-state index is 11.8. The van der Waals surface area contributed by atoms with Crippen molar-refractivity contribution < 1.29 is 14.5 Å². The minimum Gasteiger partial charge on any atom is -0.378 e. The van der Waals surface area contributed by atoms with E-state index < -0.39 is 4.92 Å². The number of benzene rings is 1. The van der Waals surface area contributed by atoms with E-state index in [0.717, 1.165) is 5.56 Å². The van der Waals surface area contributed by atoms with Crippen LogP contribution < -0.4 is 10.6 Å². The molecule has 1 aliphatic rings. The minimum absolute atomic E-state index is 0. The van der Waals surface area contributed by atoms with E-state index in [1.807, 2.05) is 0 Å². The van der Waals surface area contributed by atoms with Crippen LogP contribution in [0.1, 0.15) is 5.56 Å². The molecule has 0 bridgehead atoms. The fourth-order valence-corrected chi connectivity index (χ4v) is 1.97. The highest BCUT2D eigenvalue weighted by Crippen LogP contribution is 2.11. The molecule has 21 heavy (non-hydrogen) atoms. The Morgan fingerprint density at radius 1 is 1.43 bits per heavy atom. The number of nitro groups is 1. The van der Waals surface area contributed by atoms with Crippen molar-refractivity contribution in [2.24, 2.45) is 0 Å². The van der Waals surface area contributed by atoms with Crippen molar-refractivity contribution in [3.05, 3.63) is 39.9 Å². The summed E-state index contributed by atoms with van der Waals surface area (Å²) >= 11 is 0. The van der Waals surface area contributed by atoms with E-state index in [1.54, 1.807) is 12.1 Å². The number of morpholine rings is 1. The molecule has 0 radical (unpaired) electrons. The number of nitrogens with one attached hydrogen (secondary N) is 2. The van der Waals surface area contributed by atoms with Gasteiger partial charge in [0.2, 0.25) is 5.91 Å². The van der Waals surface area contributed by atoms with Crippen LogP contribution in [0.15, 0.2) is 24.3 Å². The van der Waals surface area contributed by atoms with E-state index >= 15 is 0 Å². The summed E-state index contributed by atoms with van der Waals surface area (Å²) in [6.45, 7) is 2.20. The number of rotatable bonds is 5. The molecule has 1 fully saturated rings. The molecular weight excluding hydrogens is 298 g/mol. The summed E-state index contributed by atoms with van der Waals surface area (Å²) < 4.78 is 5.22. The van der Waals surface area contributed by atoms with Gasteiger partial charge in [0.05, 0.1) is 18.1 Å². The lowest BCUT2D eigenvalue weighted by Gasteiger charge is -2.22. The van der Waals surface area contributed by atoms with Gasteiger partial charge >= 0.3 is 0 Å². The molecule has 1 unspecified atom stereocenters. The predicted molar refractivity (Wildman–Crippen MR) is 79.7 cm³/mol. The third-order valence-corrected chi connectivity index (χ3v) is 3.10. The average molecular weight is 316 g/mol. The molecule has 8 heteroatoms. The molecule has 0 saturated carbocycles. The van der Waals surface area contributed by atoms with E-state index in [4.69, 9.17) is 4.74 Å². The maximum atomic E-state index is 11.8. The van der Waals surface area contributed by atoms with Gasteiger partial charge in [-0.1, -0.05) is 12.1 Å². The number of ether oxygens (including phenoxy) is 1. The number of nitrogens with zero attached hydrogens (tertiary/aromatic N) is 1. The van der Waals surface area contributed by atoms with Gasteiger partial charge in [0.25, 0.3) is 5.69 Å². The molecule has 1 aromatic rings. The van der Waals surface area contributed by atoms with E-state index in [-0.39, 0.29) is 30.0 Å². The van der Waals surface area contributed by atoms with Gasteiger partial charge in [-0.15, -0.1) is 12.4 Å². The fourth-order valence-electron chi connectivity index (χ4n) is 1.97. The molecule has 1 atom stereocenters. The topological polar surface area (TPSA) is 93.5 Å². The highest BCUT2D eigenvalue weighted by Gasteiger charge is 2.20. The van der Waals surface area contributed by atoms with Crippen LogP contribution in [0.25, 0.3) is 0 Å². The van der Waals surface area contributed by atoms with Crippen LogP contribution in [0.4, 0.5) is 5.69 Å². The van der Waals surface area contributed by atoms with Crippen molar-refractivity contribution in [1.29, 1.82) is 0 Å². The average Bonchev–Trinajstić information content (AvgIpc) is 2.48. The summed E-state index contributed by atoms with van der Waals surface area (Å²) in [5, 5.41) is 16.4. The van der Waals surface area contributed by atoms with Crippen molar-refractivity contribution in [3.8, 4) is 0 Å². The van der Waals surface area contributed by atoms with Gasteiger partial charge in [-0.05, 0) is 12.0 Å². The van der Waals surface area contributed by atoms with Crippen LogP contribution >= 0.6 is 12.4 Å². The van der Waals surface area contributed by atoms with Crippen molar-refractivity contribution in [1.82, 2.24) is 10.6 Å². The van der Waals surface area contributed by atoms with Gasteiger partial charge in [-0.3, -0.25) is 14.9 Å². The molecule has 2 rings (SSSR count). The Labute approximate surface area is 128 Å². The van der Waals surface area contributed by atoms with Gasteiger partial charge in [-0.25, -0.2) is 0 Å². The SMILES string of the molecule is Cl.O=C(NCCc1ccc([N+](=O)[O-])cc1)C1COCCN1. The van der Waals surface area contributed by atoms with E-state index in [2.05, 4.69) is 10.6 Å². The molecule has 7 nitrogen and oxygen atoms in total. The normalized spacial score (nSPS) is 17.6. The van der Waals surface area contributed by atoms with Gasteiger partial charge in [0.1, 0.15) is 6.04 Å². The quantitative estimate of drug-likeness (QED) is 0.615. The zero-order valence-corrected chi connectivity index (χ0v) is 12.2. The molecule has 1 aliphatic heterocycles. The second-order valence-corrected chi connectivity index (χ2v) is 4.55. The Hall–Kier alpha value is -1.70. The van der Waals surface area contributed by atoms with Crippen molar-refractivity contribution >= 4 is 24.0 Å². The first-order valence-electron chi connectivity index (χ1n) is 6.49. The third kappa shape index (κ3) is 5.30. The smallest absolute Gasteiger partial charge is 0.269 e. The minimum atomic E-state index is -0.430. The molecule has 1 aromatic carbocycles. The Balaban J connectivity index is 0.00000220. The van der Waals surface area contributed by atoms with Crippen molar-refractivity contribution in [2.75, 3.05) is 26.3 Å². The lowest BCUT2D eigenvalue weighted by atomic mass is 10.1. The number of halogens is 1. The summed E-state index contributed by atoms with van der Waals surface area (Å²) in [5.74, 6) is -0.0772. The summed E-state index contributed by atoms with van der Waals surface area (Å²) in [5.41, 5.74) is 1.02. The molecule has 0 aromatic heterocycles. The largest absolute Gasteiger partial charge is 0.378 e. The van der Waals surface area contributed by atoms with Crippen LogP contribution in [-0.4, -0.2) is 43.2 Å². The van der Waals surface area contributed by atoms with Gasteiger partial charge < -0.3 is 15.4 Å². The number of nitro benzene ring substituents is 1. The van der Waals surface area contributed by atoms with E-state index in [1.165, 1.54) is 12.1 Å². The third-order valence-electron chi connectivity index (χ3n) is 3.10. The molecule has 1 heterocycles. The lowest BCUT2D eigenvalue weighted by Crippen LogP contribution is -2.51. The first-order chi connectivity index (χ1) is 9.66. The van der Waals surface area contributed by atoms with Gasteiger partial charge in [-0.2, -0.15) is 0 Å². The Morgan fingerprint density at radius 3 is 2.71 bits per heavy atom. The standard InChI is InChI=1S/C13H17N3O4.ClH/c17-13(12-9-20-8-7-14-12)15-6-5-10-1-3-11(4-2-10)16(18)19;/h1-4,12,14H,5-9H2,(H,15,17);1H. The summed E-state index contributed by atoms with van der Waals surface area (Å²) in [4.78, 5) is 21.9. The molecule has 116 valence electrons. The zero-order valence-electron chi connectivity index (χ0n) is 11.4. The van der Waals surface area contributed by atoms with E-state index in [9.17, 15) is 14.9 Å². The van der Waals surface area contributed by atoms with Crippen molar-refractivity contribution in [3.63, 3.8) is 0 Å². The molecular formula is C13H18ClN3O4. The van der Waals surface area contributed by atoms with Gasteiger partial charge in [0, 0.05) is 25.2 Å². The number of amides is 1. The molecule has 2 N–H and O–H groups in total. The summed E-state index contributed by atoms with van der Waals surface area (Å²) in [6.07, 6.45) is 0.636. The van der Waals surface area contributed by atoms with Gasteiger partial charge in [0.15, 0.2) is 0 Å². The molecule has 0 spiro atoms. The number of hydrogen-bond acceptors (Lipinski definition) is 5. The van der Waals surface area contributed by atoms with Crippen LogP contribution in [0.2, 0.25) is 0 Å². The lowest BCUT2D eigenvalue weighted by molar-refractivity contribution is -0.384. The molecule has 1 saturated heterocycles. The second-order valence-electron chi connectivity index (χ2n) is 4.55. The van der Waals surface area contributed by atoms with Crippen LogP contribution in [0.5, 0.6) is 0 Å². The summed E-state index contributed by atoms with van der Waals surface area (Å²) in [7, 11) is 0. The van der Waals surface area contributed by atoms with Crippen LogP contribution in [0, 0.1) is 10.1 Å². The number of carbonyl (C=O) groups excluding carboxylic acids is 1. The Morgan fingerprint density at radius 2 is 2.14 bits per heavy atom. The Kier molecular flexibility index (Phi) is 7.07. The monoisotopic (exact) mass is 315 g/mol. The highest BCUT2D eigenvalue weighted by molar-refractivity contribution is 5.85. The Bertz CT molecular complexity index is 475. The predicted octanol–water partition coefficient (Wildman–Crippen LogP) is 0.664. The first-order valence-corrected chi connectivity index (χ1v) is 6.49. The highest BCUT2D eigenvalue weighted by atomic mass is 35.5. The van der Waals surface area contributed by atoms with E-state index in [0.29, 0.717) is 32.7 Å². The number of hydrogen-bond donors (Lipinski definition) is 2. The maximum Gasteiger partial charge on any atom is 0.269 e. The zero-order chi connectivity index (χ0) is 14.4. The number of carbonyl (C=O) groups is 1. The first kappa shape index (κ1) is 17.4. The van der Waals surface area contributed by atoms with Crippen molar-refractivity contribution in [2.45, 2.75) is 12.5 Å². The van der Waals surface area contributed by atoms with Crippen LogP contribution in [0.3, 0.4) is 0 Å². The van der Waals surface area contributed by atoms with Crippen LogP contribution in [-0.2, 0) is 16.0 Å². The second kappa shape index (κ2) is 8.56. The summed E-state index contributed by atoms with van der Waals surface area (Å²) in [6, 6.07) is 6.04. The fraction of sp³-hybridized carbons (Fsp3) is 0.462. The molecule has 0 aliphatic carbocycles. The molecule has 1 amide bonds.